The molecule has 0 aromatic rings. The van der Waals surface area contributed by atoms with Crippen LogP contribution >= 0.6 is 0 Å². The van der Waals surface area contributed by atoms with E-state index in [1.807, 2.05) is 58.6 Å². The van der Waals surface area contributed by atoms with Crippen molar-refractivity contribution < 1.29 is 19.7 Å². The van der Waals surface area contributed by atoms with E-state index in [2.05, 4.69) is 17.9 Å². The van der Waals surface area contributed by atoms with Gasteiger partial charge in [0, 0.05) is 24.4 Å². The van der Waals surface area contributed by atoms with E-state index >= 15 is 0 Å². The molecule has 0 unspecified atom stereocenters. The van der Waals surface area contributed by atoms with E-state index in [0.29, 0.717) is 24.9 Å². The molecule has 0 saturated heterocycles. The highest BCUT2D eigenvalue weighted by atomic mass is 16.5. The second-order valence-electron chi connectivity index (χ2n) is 10.1. The largest absolute Gasteiger partial charge is 0.392 e. The van der Waals surface area contributed by atoms with Gasteiger partial charge < -0.3 is 19.8 Å². The van der Waals surface area contributed by atoms with Gasteiger partial charge in [0.25, 0.3) is 0 Å². The highest BCUT2D eigenvalue weighted by Crippen LogP contribution is 2.50. The Morgan fingerprint density at radius 1 is 1.22 bits per heavy atom. The van der Waals surface area contributed by atoms with Crippen molar-refractivity contribution in [2.45, 2.75) is 91.5 Å². The first kappa shape index (κ1) is 26.6. The number of ether oxygens (including phenoxy) is 1. The maximum absolute atomic E-state index is 12.4. The number of carbonyl (C=O) groups excluding carboxylic acids is 1. The van der Waals surface area contributed by atoms with Crippen LogP contribution in [0.15, 0.2) is 23.8 Å². The molecule has 2 saturated carbocycles. The number of aliphatic hydroxyl groups is 2. The fraction of sp³-hybridized carbons (Fsp3) is 0.741. The van der Waals surface area contributed by atoms with E-state index in [4.69, 9.17) is 4.74 Å². The molecule has 5 heteroatoms. The Morgan fingerprint density at radius 2 is 1.91 bits per heavy atom. The molecular formula is C27H43NO4. The second kappa shape index (κ2) is 12.6. The summed E-state index contributed by atoms with van der Waals surface area (Å²) in [5.41, 5.74) is 1.36. The van der Waals surface area contributed by atoms with Crippen LogP contribution in [-0.2, 0) is 9.53 Å². The van der Waals surface area contributed by atoms with Crippen LogP contribution < -0.4 is 0 Å². The van der Waals surface area contributed by atoms with Gasteiger partial charge in [-0.2, -0.15) is 0 Å². The molecule has 0 heterocycles. The van der Waals surface area contributed by atoms with Crippen LogP contribution in [0.25, 0.3) is 0 Å². The van der Waals surface area contributed by atoms with Gasteiger partial charge >= 0.3 is 0 Å². The van der Waals surface area contributed by atoms with Gasteiger partial charge in [0.2, 0.25) is 5.91 Å². The Balaban J connectivity index is 1.85. The zero-order chi connectivity index (χ0) is 23.8. The van der Waals surface area contributed by atoms with Crippen LogP contribution in [0.2, 0.25) is 0 Å². The Bertz CT molecular complexity index is 722. The lowest BCUT2D eigenvalue weighted by Crippen LogP contribution is -2.43. The van der Waals surface area contributed by atoms with Crippen molar-refractivity contribution >= 4 is 5.91 Å². The molecule has 2 rings (SSSR count). The minimum absolute atomic E-state index is 0.0303. The van der Waals surface area contributed by atoms with E-state index < -0.39 is 6.10 Å². The third kappa shape index (κ3) is 7.20. The first-order chi connectivity index (χ1) is 15.1. The number of rotatable bonds is 10. The third-order valence-electron chi connectivity index (χ3n) is 6.94. The zero-order valence-corrected chi connectivity index (χ0v) is 20.8. The summed E-state index contributed by atoms with van der Waals surface area (Å²) < 4.78 is 5.67. The number of allylic oxidation sites excluding steroid dienone is 1. The molecular weight excluding hydrogens is 402 g/mol. The van der Waals surface area contributed by atoms with E-state index in [-0.39, 0.29) is 42.5 Å². The van der Waals surface area contributed by atoms with Crippen LogP contribution in [0.4, 0.5) is 0 Å². The summed E-state index contributed by atoms with van der Waals surface area (Å²) in [5, 5.41) is 20.9. The van der Waals surface area contributed by atoms with E-state index in [1.54, 1.807) is 0 Å². The number of fused-ring (bicyclic) bond motifs is 1. The van der Waals surface area contributed by atoms with E-state index in [0.717, 1.165) is 19.3 Å². The van der Waals surface area contributed by atoms with E-state index in [1.165, 1.54) is 5.57 Å². The predicted octanol–water partition coefficient (Wildman–Crippen LogP) is 3.95. The van der Waals surface area contributed by atoms with Gasteiger partial charge in [-0.15, -0.1) is 11.8 Å². The molecule has 0 bridgehead atoms. The van der Waals surface area contributed by atoms with Crippen LogP contribution in [0, 0.1) is 35.5 Å². The lowest BCUT2D eigenvalue weighted by molar-refractivity contribution is -0.139. The van der Waals surface area contributed by atoms with Gasteiger partial charge in [-0.25, -0.2) is 0 Å². The second-order valence-corrected chi connectivity index (χ2v) is 10.1. The number of hydrogen-bond acceptors (Lipinski definition) is 4. The number of amides is 1. The average Bonchev–Trinajstić information content (AvgIpc) is 3.23. The van der Waals surface area contributed by atoms with Gasteiger partial charge in [0.05, 0.1) is 18.8 Å². The minimum Gasteiger partial charge on any atom is -0.392 e. The number of hydrogen-bond donors (Lipinski definition) is 2. The van der Waals surface area contributed by atoms with Crippen LogP contribution in [0.5, 0.6) is 0 Å². The quantitative estimate of drug-likeness (QED) is 0.303. The first-order valence-corrected chi connectivity index (χ1v) is 12.2. The monoisotopic (exact) mass is 445 g/mol. The average molecular weight is 446 g/mol. The van der Waals surface area contributed by atoms with Crippen molar-refractivity contribution in [1.29, 1.82) is 0 Å². The Hall–Kier alpha value is -1.61. The van der Waals surface area contributed by atoms with Crippen LogP contribution in [0.3, 0.4) is 0 Å². The van der Waals surface area contributed by atoms with Crippen molar-refractivity contribution in [3.05, 3.63) is 23.8 Å². The van der Waals surface area contributed by atoms with Gasteiger partial charge in [-0.3, -0.25) is 4.79 Å². The Labute approximate surface area is 194 Å². The summed E-state index contributed by atoms with van der Waals surface area (Å²) in [4.78, 5) is 14.3. The molecule has 0 aromatic heterocycles. The number of carbonyl (C=O) groups is 1. The smallest absolute Gasteiger partial charge is 0.249 e. The minimum atomic E-state index is -0.541. The molecule has 2 N–H and O–H groups in total. The summed E-state index contributed by atoms with van der Waals surface area (Å²) in [7, 11) is 0. The van der Waals surface area contributed by atoms with Crippen molar-refractivity contribution in [3.63, 3.8) is 0 Å². The molecule has 0 radical (unpaired) electrons. The molecule has 2 aliphatic carbocycles. The predicted molar refractivity (Wildman–Crippen MR) is 129 cm³/mol. The SMILES string of the molecule is CC#CC[C@H](C)[C@H](O)/C=C/[C@@H]1[C@H]2C/C(=C/COCC(=O)N(C(C)C)C(C)C)C[C@H]2C[C@H]1O. The summed E-state index contributed by atoms with van der Waals surface area (Å²) in [6.07, 6.45) is 8.53. The standard InChI is InChI=1S/C27H43NO4/c1-7-8-9-20(6)25(29)11-10-23-24-15-21(14-22(24)16-26(23)30)12-13-32-17-27(31)28(18(2)3)19(4)5/h10-12,18-20,22-26,29-30H,9,13-17H2,1-6H3/b11-10+,21-12+/t20-,22-,23+,24-,25+,26+/m0/s1. The first-order valence-electron chi connectivity index (χ1n) is 12.2. The van der Waals surface area contributed by atoms with Crippen LogP contribution in [-0.4, -0.2) is 58.5 Å². The van der Waals surface area contributed by atoms with Crippen molar-refractivity contribution in [2.24, 2.45) is 23.7 Å². The van der Waals surface area contributed by atoms with E-state index in [9.17, 15) is 15.0 Å². The highest BCUT2D eigenvalue weighted by molar-refractivity contribution is 5.78. The Kier molecular flexibility index (Phi) is 10.5. The maximum Gasteiger partial charge on any atom is 0.249 e. The lowest BCUT2D eigenvalue weighted by Gasteiger charge is -2.30. The third-order valence-corrected chi connectivity index (χ3v) is 6.94. The molecule has 0 spiro atoms. The highest BCUT2D eigenvalue weighted by Gasteiger charge is 2.45. The Morgan fingerprint density at radius 3 is 2.53 bits per heavy atom. The molecule has 0 aliphatic heterocycles. The molecule has 32 heavy (non-hydrogen) atoms. The molecule has 2 fully saturated rings. The van der Waals surface area contributed by atoms with Gasteiger partial charge in [0.1, 0.15) is 6.61 Å². The molecule has 6 atom stereocenters. The van der Waals surface area contributed by atoms with Crippen molar-refractivity contribution in [1.82, 2.24) is 4.90 Å². The maximum atomic E-state index is 12.4. The fourth-order valence-corrected chi connectivity index (χ4v) is 5.33. The molecule has 2 aliphatic rings. The van der Waals surface area contributed by atoms with Gasteiger partial charge in [-0.1, -0.05) is 30.7 Å². The number of nitrogens with zero attached hydrogens (tertiary/aromatic N) is 1. The fourth-order valence-electron chi connectivity index (χ4n) is 5.33. The molecule has 5 nitrogen and oxygen atoms in total. The summed E-state index contributed by atoms with van der Waals surface area (Å²) in [5.74, 6) is 6.97. The van der Waals surface area contributed by atoms with Gasteiger partial charge in [0.15, 0.2) is 0 Å². The molecule has 180 valence electrons. The normalized spacial score (nSPS) is 28.2. The molecule has 0 aromatic carbocycles. The zero-order valence-electron chi connectivity index (χ0n) is 20.8. The van der Waals surface area contributed by atoms with Crippen molar-refractivity contribution in [2.75, 3.05) is 13.2 Å². The lowest BCUT2D eigenvalue weighted by atomic mass is 9.89. The molecule has 1 amide bonds. The van der Waals surface area contributed by atoms with Gasteiger partial charge in [-0.05, 0) is 71.6 Å². The van der Waals surface area contributed by atoms with Crippen molar-refractivity contribution in [3.8, 4) is 11.8 Å². The summed E-state index contributed by atoms with van der Waals surface area (Å²) in [6.45, 7) is 12.5. The summed E-state index contributed by atoms with van der Waals surface area (Å²) >= 11 is 0. The number of aliphatic hydroxyl groups excluding tert-OH is 2. The summed E-state index contributed by atoms with van der Waals surface area (Å²) in [6, 6.07) is 0.326. The topological polar surface area (TPSA) is 70.0 Å². The van der Waals surface area contributed by atoms with Crippen LogP contribution in [0.1, 0.15) is 67.2 Å².